The van der Waals surface area contributed by atoms with E-state index in [2.05, 4.69) is 26.1 Å². The Morgan fingerprint density at radius 2 is 2.28 bits per heavy atom. The molecule has 5 nitrogen and oxygen atoms in total. The third-order valence-electron chi connectivity index (χ3n) is 2.47. The van der Waals surface area contributed by atoms with Crippen molar-refractivity contribution in [3.8, 4) is 17.2 Å². The van der Waals surface area contributed by atoms with E-state index in [9.17, 15) is 0 Å². The monoisotopic (exact) mass is 311 g/mol. The SMILES string of the molecule is COc1ccc(-c2nc(CCCN)no2)cc1Br. The standard InChI is InChI=1S/C12H14BrN3O2/c1-17-10-5-4-8(7-9(10)13)12-15-11(16-18-12)3-2-6-14/h4-5,7H,2-3,6,14H2,1H3. The summed E-state index contributed by atoms with van der Waals surface area (Å²) in [6, 6.07) is 5.62. The highest BCUT2D eigenvalue weighted by Gasteiger charge is 2.10. The molecule has 0 atom stereocenters. The second-order valence-electron chi connectivity index (χ2n) is 3.76. The van der Waals surface area contributed by atoms with Crippen LogP contribution in [0, 0.1) is 0 Å². The summed E-state index contributed by atoms with van der Waals surface area (Å²) >= 11 is 3.42. The molecule has 0 fully saturated rings. The number of rotatable bonds is 5. The lowest BCUT2D eigenvalue weighted by Gasteiger charge is -2.03. The Bertz CT molecular complexity index is 528. The van der Waals surface area contributed by atoms with Crippen molar-refractivity contribution in [3.05, 3.63) is 28.5 Å². The van der Waals surface area contributed by atoms with Crippen LogP contribution >= 0.6 is 15.9 Å². The highest BCUT2D eigenvalue weighted by atomic mass is 79.9. The maximum Gasteiger partial charge on any atom is 0.257 e. The van der Waals surface area contributed by atoms with Gasteiger partial charge in [-0.2, -0.15) is 4.98 Å². The van der Waals surface area contributed by atoms with Gasteiger partial charge in [-0.15, -0.1) is 0 Å². The van der Waals surface area contributed by atoms with Gasteiger partial charge in [-0.3, -0.25) is 0 Å². The fourth-order valence-electron chi connectivity index (χ4n) is 1.53. The van der Waals surface area contributed by atoms with E-state index in [-0.39, 0.29) is 0 Å². The average Bonchev–Trinajstić information content (AvgIpc) is 2.85. The van der Waals surface area contributed by atoms with E-state index >= 15 is 0 Å². The van der Waals surface area contributed by atoms with Gasteiger partial charge in [-0.25, -0.2) is 0 Å². The van der Waals surface area contributed by atoms with Gasteiger partial charge in [0, 0.05) is 12.0 Å². The molecule has 1 aromatic carbocycles. The normalized spacial score (nSPS) is 10.6. The first-order chi connectivity index (χ1) is 8.74. The Morgan fingerprint density at radius 3 is 2.94 bits per heavy atom. The van der Waals surface area contributed by atoms with Gasteiger partial charge < -0.3 is 15.0 Å². The molecule has 96 valence electrons. The molecule has 0 spiro atoms. The number of hydrogen-bond donors (Lipinski definition) is 1. The number of ether oxygens (including phenoxy) is 1. The molecule has 0 aliphatic carbocycles. The first-order valence-electron chi connectivity index (χ1n) is 5.61. The summed E-state index contributed by atoms with van der Waals surface area (Å²) in [6.45, 7) is 0.623. The zero-order valence-corrected chi connectivity index (χ0v) is 11.6. The molecule has 0 radical (unpaired) electrons. The first kappa shape index (κ1) is 13.0. The Hall–Kier alpha value is -1.40. The van der Waals surface area contributed by atoms with E-state index in [4.69, 9.17) is 15.0 Å². The zero-order chi connectivity index (χ0) is 13.0. The summed E-state index contributed by atoms with van der Waals surface area (Å²) < 4.78 is 11.2. The van der Waals surface area contributed by atoms with Gasteiger partial charge in [0.1, 0.15) is 5.75 Å². The van der Waals surface area contributed by atoms with E-state index in [1.54, 1.807) is 7.11 Å². The van der Waals surface area contributed by atoms with Crippen LogP contribution in [0.15, 0.2) is 27.2 Å². The molecule has 0 aliphatic rings. The second-order valence-corrected chi connectivity index (χ2v) is 4.61. The molecule has 0 saturated carbocycles. The van der Waals surface area contributed by atoms with Gasteiger partial charge in [0.15, 0.2) is 5.82 Å². The molecule has 0 bridgehead atoms. The van der Waals surface area contributed by atoms with Crippen molar-refractivity contribution in [2.75, 3.05) is 13.7 Å². The maximum absolute atomic E-state index is 5.44. The van der Waals surface area contributed by atoms with E-state index in [0.29, 0.717) is 18.3 Å². The third kappa shape index (κ3) is 2.88. The largest absolute Gasteiger partial charge is 0.496 e. The number of benzene rings is 1. The molecule has 2 aromatic rings. The van der Waals surface area contributed by atoms with E-state index in [1.165, 1.54) is 0 Å². The lowest BCUT2D eigenvalue weighted by Crippen LogP contribution is -2.01. The van der Waals surface area contributed by atoms with Crippen LogP contribution in [-0.2, 0) is 6.42 Å². The van der Waals surface area contributed by atoms with Gasteiger partial charge in [-0.05, 0) is 47.1 Å². The number of halogens is 1. The average molecular weight is 312 g/mol. The minimum Gasteiger partial charge on any atom is -0.496 e. The highest BCUT2D eigenvalue weighted by Crippen LogP contribution is 2.29. The van der Waals surface area contributed by atoms with Gasteiger partial charge in [-0.1, -0.05) is 5.16 Å². The Kier molecular flexibility index (Phi) is 4.33. The smallest absolute Gasteiger partial charge is 0.257 e. The molecule has 2 rings (SSSR count). The van der Waals surface area contributed by atoms with Gasteiger partial charge >= 0.3 is 0 Å². The minimum absolute atomic E-state index is 0.505. The summed E-state index contributed by atoms with van der Waals surface area (Å²) in [6.07, 6.45) is 1.59. The minimum atomic E-state index is 0.505. The van der Waals surface area contributed by atoms with E-state index < -0.39 is 0 Å². The second kappa shape index (κ2) is 5.97. The van der Waals surface area contributed by atoms with Crippen LogP contribution in [0.4, 0.5) is 0 Å². The molecule has 18 heavy (non-hydrogen) atoms. The van der Waals surface area contributed by atoms with Crippen LogP contribution in [0.25, 0.3) is 11.5 Å². The summed E-state index contributed by atoms with van der Waals surface area (Å²) in [7, 11) is 1.62. The fourth-order valence-corrected chi connectivity index (χ4v) is 2.07. The van der Waals surface area contributed by atoms with E-state index in [0.717, 1.165) is 28.6 Å². The molecule has 1 aromatic heterocycles. The molecule has 0 unspecified atom stereocenters. The van der Waals surface area contributed by atoms with Crippen molar-refractivity contribution >= 4 is 15.9 Å². The van der Waals surface area contributed by atoms with Crippen molar-refractivity contribution in [2.24, 2.45) is 5.73 Å². The van der Waals surface area contributed by atoms with Gasteiger partial charge in [0.2, 0.25) is 0 Å². The van der Waals surface area contributed by atoms with Crippen molar-refractivity contribution in [3.63, 3.8) is 0 Å². The molecular formula is C12H14BrN3O2. The van der Waals surface area contributed by atoms with Crippen LogP contribution < -0.4 is 10.5 Å². The van der Waals surface area contributed by atoms with Gasteiger partial charge in [0.05, 0.1) is 11.6 Å². The van der Waals surface area contributed by atoms with Crippen molar-refractivity contribution in [2.45, 2.75) is 12.8 Å². The van der Waals surface area contributed by atoms with Crippen LogP contribution in [0.3, 0.4) is 0 Å². The predicted octanol–water partition coefficient (Wildman–Crippen LogP) is 2.40. The highest BCUT2D eigenvalue weighted by molar-refractivity contribution is 9.10. The van der Waals surface area contributed by atoms with Crippen LogP contribution in [-0.4, -0.2) is 23.8 Å². The van der Waals surface area contributed by atoms with Crippen molar-refractivity contribution < 1.29 is 9.26 Å². The number of methoxy groups -OCH3 is 1. The first-order valence-corrected chi connectivity index (χ1v) is 6.40. The molecule has 6 heteroatoms. The number of aryl methyl sites for hydroxylation is 1. The summed E-state index contributed by atoms with van der Waals surface area (Å²) in [5.41, 5.74) is 6.30. The Balaban J connectivity index is 2.20. The topological polar surface area (TPSA) is 74.2 Å². The number of aromatic nitrogens is 2. The van der Waals surface area contributed by atoms with E-state index in [1.807, 2.05) is 18.2 Å². The molecule has 1 heterocycles. The van der Waals surface area contributed by atoms with Crippen LogP contribution in [0.5, 0.6) is 5.75 Å². The number of nitrogens with zero attached hydrogens (tertiary/aromatic N) is 2. The lowest BCUT2D eigenvalue weighted by atomic mass is 10.2. The molecular weight excluding hydrogens is 298 g/mol. The Morgan fingerprint density at radius 1 is 1.44 bits per heavy atom. The number of hydrogen-bond acceptors (Lipinski definition) is 5. The Labute approximate surface area is 113 Å². The van der Waals surface area contributed by atoms with Crippen molar-refractivity contribution in [1.82, 2.24) is 10.1 Å². The van der Waals surface area contributed by atoms with Crippen LogP contribution in [0.2, 0.25) is 0 Å². The quantitative estimate of drug-likeness (QED) is 0.917. The molecule has 2 N–H and O–H groups in total. The molecule has 0 amide bonds. The zero-order valence-electron chi connectivity index (χ0n) is 10.0. The summed E-state index contributed by atoms with van der Waals surface area (Å²) in [4.78, 5) is 4.32. The lowest BCUT2D eigenvalue weighted by molar-refractivity contribution is 0.411. The maximum atomic E-state index is 5.44. The predicted molar refractivity (Wildman–Crippen MR) is 71.4 cm³/mol. The molecule has 0 aliphatic heterocycles. The third-order valence-corrected chi connectivity index (χ3v) is 3.09. The fraction of sp³-hybridized carbons (Fsp3) is 0.333. The van der Waals surface area contributed by atoms with Crippen LogP contribution in [0.1, 0.15) is 12.2 Å². The van der Waals surface area contributed by atoms with Crippen molar-refractivity contribution in [1.29, 1.82) is 0 Å². The molecule has 0 saturated heterocycles. The number of nitrogens with two attached hydrogens (primary N) is 1. The summed E-state index contributed by atoms with van der Waals surface area (Å²) in [5, 5.41) is 3.91. The summed E-state index contributed by atoms with van der Waals surface area (Å²) in [5.74, 6) is 1.95. The van der Waals surface area contributed by atoms with Gasteiger partial charge in [0.25, 0.3) is 5.89 Å².